The van der Waals surface area contributed by atoms with Crippen molar-refractivity contribution in [3.8, 4) is 0 Å². The fraction of sp³-hybridized carbons (Fsp3) is 0.278. The molecule has 20 heavy (non-hydrogen) atoms. The standard InChI is InChI=1S/C18H20O2/c1-14(2)17(19)20-18(3,15-10-6-4-7-11-15)16-12-8-5-9-13-16/h4-14H,1-3H3. The second-order valence-corrected chi connectivity index (χ2v) is 5.34. The lowest BCUT2D eigenvalue weighted by Gasteiger charge is -2.31. The summed E-state index contributed by atoms with van der Waals surface area (Å²) in [4.78, 5) is 12.1. The third-order valence-electron chi connectivity index (χ3n) is 3.43. The molecule has 0 aliphatic heterocycles. The van der Waals surface area contributed by atoms with Crippen molar-refractivity contribution >= 4 is 5.97 Å². The van der Waals surface area contributed by atoms with Crippen LogP contribution in [0.5, 0.6) is 0 Å². The van der Waals surface area contributed by atoms with Gasteiger partial charge < -0.3 is 4.74 Å². The molecule has 0 radical (unpaired) electrons. The van der Waals surface area contributed by atoms with Crippen LogP contribution < -0.4 is 0 Å². The van der Waals surface area contributed by atoms with Gasteiger partial charge in [0.25, 0.3) is 0 Å². The van der Waals surface area contributed by atoms with E-state index >= 15 is 0 Å². The Hall–Kier alpha value is -2.09. The summed E-state index contributed by atoms with van der Waals surface area (Å²) in [5, 5.41) is 0. The van der Waals surface area contributed by atoms with Gasteiger partial charge in [-0.05, 0) is 18.1 Å². The van der Waals surface area contributed by atoms with Crippen molar-refractivity contribution in [3.05, 3.63) is 71.8 Å². The molecule has 0 fully saturated rings. The largest absolute Gasteiger partial charge is 0.449 e. The summed E-state index contributed by atoms with van der Waals surface area (Å²) in [5.41, 5.74) is 1.18. The van der Waals surface area contributed by atoms with Crippen LogP contribution in [-0.4, -0.2) is 5.97 Å². The van der Waals surface area contributed by atoms with Crippen LogP contribution in [0, 0.1) is 5.92 Å². The molecule has 0 amide bonds. The molecule has 0 bridgehead atoms. The average Bonchev–Trinajstić information content (AvgIpc) is 2.48. The van der Waals surface area contributed by atoms with Gasteiger partial charge in [-0.3, -0.25) is 4.79 Å². The Balaban J connectivity index is 2.47. The minimum absolute atomic E-state index is 0.151. The van der Waals surface area contributed by atoms with E-state index in [1.807, 2.05) is 81.4 Å². The Morgan fingerprint density at radius 3 is 1.65 bits per heavy atom. The van der Waals surface area contributed by atoms with Crippen LogP contribution in [0.4, 0.5) is 0 Å². The molecule has 0 heterocycles. The summed E-state index contributed by atoms with van der Waals surface area (Å²) in [6.45, 7) is 5.63. The number of hydrogen-bond acceptors (Lipinski definition) is 2. The molecule has 0 aromatic heterocycles. The molecule has 0 saturated heterocycles. The minimum atomic E-state index is -0.760. The molecular formula is C18H20O2. The van der Waals surface area contributed by atoms with E-state index in [-0.39, 0.29) is 11.9 Å². The lowest BCUT2D eigenvalue weighted by Crippen LogP contribution is -2.32. The van der Waals surface area contributed by atoms with E-state index in [1.54, 1.807) is 0 Å². The van der Waals surface area contributed by atoms with Gasteiger partial charge in [0.1, 0.15) is 0 Å². The molecule has 104 valence electrons. The van der Waals surface area contributed by atoms with Gasteiger partial charge >= 0.3 is 5.97 Å². The first-order chi connectivity index (χ1) is 9.54. The summed E-state index contributed by atoms with van der Waals surface area (Å²) in [6.07, 6.45) is 0. The third kappa shape index (κ3) is 2.90. The molecule has 0 aliphatic rings. The first-order valence-corrected chi connectivity index (χ1v) is 6.88. The van der Waals surface area contributed by atoms with Gasteiger partial charge in [0.05, 0.1) is 5.92 Å². The van der Waals surface area contributed by atoms with Crippen molar-refractivity contribution in [1.82, 2.24) is 0 Å². The van der Waals surface area contributed by atoms with E-state index in [9.17, 15) is 4.79 Å². The molecule has 2 rings (SSSR count). The lowest BCUT2D eigenvalue weighted by atomic mass is 9.88. The van der Waals surface area contributed by atoms with Gasteiger partial charge in [0.15, 0.2) is 5.60 Å². The molecule has 0 N–H and O–H groups in total. The van der Waals surface area contributed by atoms with Crippen molar-refractivity contribution in [2.75, 3.05) is 0 Å². The highest BCUT2D eigenvalue weighted by molar-refractivity contribution is 5.72. The van der Waals surface area contributed by atoms with Crippen molar-refractivity contribution in [3.63, 3.8) is 0 Å². The number of esters is 1. The number of carbonyl (C=O) groups excluding carboxylic acids is 1. The number of benzene rings is 2. The Bertz CT molecular complexity index is 519. The molecule has 0 saturated carbocycles. The fourth-order valence-electron chi connectivity index (χ4n) is 2.12. The summed E-state index contributed by atoms with van der Waals surface area (Å²) in [7, 11) is 0. The Morgan fingerprint density at radius 1 is 0.900 bits per heavy atom. The summed E-state index contributed by atoms with van der Waals surface area (Å²) in [5.74, 6) is -0.345. The Kier molecular flexibility index (Phi) is 4.23. The first-order valence-electron chi connectivity index (χ1n) is 6.88. The Labute approximate surface area is 120 Å². The quantitative estimate of drug-likeness (QED) is 0.779. The second kappa shape index (κ2) is 5.91. The summed E-state index contributed by atoms with van der Waals surface area (Å²) >= 11 is 0. The van der Waals surface area contributed by atoms with E-state index in [0.29, 0.717) is 0 Å². The molecule has 2 aromatic carbocycles. The van der Waals surface area contributed by atoms with Gasteiger partial charge in [0, 0.05) is 0 Å². The van der Waals surface area contributed by atoms with Crippen molar-refractivity contribution in [2.24, 2.45) is 5.92 Å². The molecule has 0 aliphatic carbocycles. The normalized spacial score (nSPS) is 11.4. The van der Waals surface area contributed by atoms with Crippen LogP contribution in [0.2, 0.25) is 0 Å². The first kappa shape index (κ1) is 14.3. The van der Waals surface area contributed by atoms with Gasteiger partial charge in [-0.1, -0.05) is 74.5 Å². The van der Waals surface area contributed by atoms with Gasteiger partial charge in [-0.2, -0.15) is 0 Å². The molecule has 0 spiro atoms. The molecule has 2 aromatic rings. The van der Waals surface area contributed by atoms with Gasteiger partial charge in [0.2, 0.25) is 0 Å². The van der Waals surface area contributed by atoms with Crippen molar-refractivity contribution < 1.29 is 9.53 Å². The van der Waals surface area contributed by atoms with Crippen molar-refractivity contribution in [2.45, 2.75) is 26.4 Å². The lowest BCUT2D eigenvalue weighted by molar-refractivity contribution is -0.159. The maximum Gasteiger partial charge on any atom is 0.309 e. The van der Waals surface area contributed by atoms with Gasteiger partial charge in [-0.25, -0.2) is 0 Å². The highest BCUT2D eigenvalue weighted by Crippen LogP contribution is 2.33. The highest BCUT2D eigenvalue weighted by atomic mass is 16.6. The molecule has 0 atom stereocenters. The zero-order valence-corrected chi connectivity index (χ0v) is 12.2. The summed E-state index contributed by atoms with van der Waals surface area (Å²) in [6, 6.07) is 19.7. The Morgan fingerprint density at radius 2 is 1.30 bits per heavy atom. The van der Waals surface area contributed by atoms with Crippen LogP contribution in [0.1, 0.15) is 31.9 Å². The van der Waals surface area contributed by atoms with Crippen molar-refractivity contribution in [1.29, 1.82) is 0 Å². The molecular weight excluding hydrogens is 248 g/mol. The number of carbonyl (C=O) groups is 1. The van der Waals surface area contributed by atoms with E-state index in [4.69, 9.17) is 4.74 Å². The molecule has 2 heteroatoms. The van der Waals surface area contributed by atoms with Crippen LogP contribution in [0.15, 0.2) is 60.7 Å². The smallest absolute Gasteiger partial charge is 0.309 e. The molecule has 0 unspecified atom stereocenters. The number of hydrogen-bond donors (Lipinski definition) is 0. The SMILES string of the molecule is CC(C)C(=O)OC(C)(c1ccccc1)c1ccccc1. The summed E-state index contributed by atoms with van der Waals surface area (Å²) < 4.78 is 5.83. The van der Waals surface area contributed by atoms with Gasteiger partial charge in [-0.15, -0.1) is 0 Å². The molecule has 2 nitrogen and oxygen atoms in total. The fourth-order valence-corrected chi connectivity index (χ4v) is 2.12. The zero-order chi connectivity index (χ0) is 14.6. The number of ether oxygens (including phenoxy) is 1. The third-order valence-corrected chi connectivity index (χ3v) is 3.43. The maximum atomic E-state index is 12.1. The zero-order valence-electron chi connectivity index (χ0n) is 12.2. The van der Waals surface area contributed by atoms with Crippen LogP contribution >= 0.6 is 0 Å². The van der Waals surface area contributed by atoms with Crippen LogP contribution in [0.3, 0.4) is 0 Å². The van der Waals surface area contributed by atoms with E-state index in [1.165, 1.54) is 0 Å². The van der Waals surface area contributed by atoms with Crippen LogP contribution in [-0.2, 0) is 15.1 Å². The van der Waals surface area contributed by atoms with E-state index < -0.39 is 5.60 Å². The topological polar surface area (TPSA) is 26.3 Å². The number of rotatable bonds is 4. The second-order valence-electron chi connectivity index (χ2n) is 5.34. The highest BCUT2D eigenvalue weighted by Gasteiger charge is 2.33. The average molecular weight is 268 g/mol. The predicted molar refractivity (Wildman–Crippen MR) is 80.3 cm³/mol. The minimum Gasteiger partial charge on any atom is -0.449 e. The monoisotopic (exact) mass is 268 g/mol. The van der Waals surface area contributed by atoms with Crippen LogP contribution in [0.25, 0.3) is 0 Å². The predicted octanol–water partition coefficient (Wildman–Crippen LogP) is 4.15. The van der Waals surface area contributed by atoms with E-state index in [0.717, 1.165) is 11.1 Å². The maximum absolute atomic E-state index is 12.1. The van der Waals surface area contributed by atoms with E-state index in [2.05, 4.69) is 0 Å².